The van der Waals surface area contributed by atoms with Crippen molar-refractivity contribution in [2.24, 2.45) is 11.7 Å². The van der Waals surface area contributed by atoms with Crippen LogP contribution in [0.25, 0.3) is 0 Å². The van der Waals surface area contributed by atoms with E-state index in [-0.39, 0.29) is 5.41 Å². The van der Waals surface area contributed by atoms with Crippen LogP contribution in [0.15, 0.2) is 18.2 Å². The smallest absolute Gasteiger partial charge is 0.123 e. The molecule has 0 saturated heterocycles. The van der Waals surface area contributed by atoms with E-state index >= 15 is 0 Å². The van der Waals surface area contributed by atoms with Crippen LogP contribution in [0.4, 0.5) is 0 Å². The summed E-state index contributed by atoms with van der Waals surface area (Å²) in [6, 6.07) is 6.52. The predicted molar refractivity (Wildman–Crippen MR) is 76.1 cm³/mol. The molecular weight excluding hydrogens is 222 g/mol. The number of ether oxygens (including phenoxy) is 1. The Morgan fingerprint density at radius 2 is 2.00 bits per heavy atom. The van der Waals surface area contributed by atoms with Crippen molar-refractivity contribution in [2.75, 3.05) is 13.2 Å². The molecule has 0 atom stereocenters. The van der Waals surface area contributed by atoms with E-state index in [9.17, 15) is 0 Å². The van der Waals surface area contributed by atoms with Gasteiger partial charge in [-0.15, -0.1) is 0 Å². The zero-order valence-corrected chi connectivity index (χ0v) is 11.8. The molecule has 0 amide bonds. The van der Waals surface area contributed by atoms with E-state index in [2.05, 4.69) is 39.0 Å². The Morgan fingerprint density at radius 3 is 2.56 bits per heavy atom. The third kappa shape index (κ3) is 3.49. The topological polar surface area (TPSA) is 35.2 Å². The van der Waals surface area contributed by atoms with Crippen molar-refractivity contribution in [3.8, 4) is 5.75 Å². The van der Waals surface area contributed by atoms with Gasteiger partial charge in [-0.25, -0.2) is 0 Å². The number of benzene rings is 1. The fraction of sp³-hybridized carbons (Fsp3) is 0.625. The summed E-state index contributed by atoms with van der Waals surface area (Å²) in [7, 11) is 0. The summed E-state index contributed by atoms with van der Waals surface area (Å²) < 4.78 is 5.99. The third-order valence-electron chi connectivity index (χ3n) is 3.46. The molecule has 1 aliphatic carbocycles. The number of nitrogens with two attached hydrogens (primary N) is 1. The van der Waals surface area contributed by atoms with Gasteiger partial charge in [0, 0.05) is 0 Å². The van der Waals surface area contributed by atoms with Gasteiger partial charge >= 0.3 is 0 Å². The third-order valence-corrected chi connectivity index (χ3v) is 3.46. The fourth-order valence-electron chi connectivity index (χ4n) is 2.10. The van der Waals surface area contributed by atoms with E-state index in [0.717, 1.165) is 24.7 Å². The van der Waals surface area contributed by atoms with Crippen LogP contribution in [0.1, 0.15) is 44.7 Å². The lowest BCUT2D eigenvalue weighted by Crippen LogP contribution is -2.15. The second-order valence-corrected chi connectivity index (χ2v) is 6.37. The van der Waals surface area contributed by atoms with Gasteiger partial charge in [0.2, 0.25) is 0 Å². The zero-order valence-electron chi connectivity index (χ0n) is 11.8. The van der Waals surface area contributed by atoms with Crippen molar-refractivity contribution in [1.29, 1.82) is 0 Å². The fourth-order valence-corrected chi connectivity index (χ4v) is 2.10. The molecule has 2 rings (SSSR count). The Morgan fingerprint density at radius 1 is 1.28 bits per heavy atom. The van der Waals surface area contributed by atoms with E-state index in [0.29, 0.717) is 6.54 Å². The molecule has 0 heterocycles. The van der Waals surface area contributed by atoms with Crippen LogP contribution in [-0.4, -0.2) is 13.2 Å². The average Bonchev–Trinajstić information content (AvgIpc) is 3.10. The van der Waals surface area contributed by atoms with Crippen LogP contribution in [-0.2, 0) is 11.8 Å². The highest BCUT2D eigenvalue weighted by Gasteiger charge is 2.24. The van der Waals surface area contributed by atoms with Crippen molar-refractivity contribution in [3.05, 3.63) is 29.3 Å². The Kier molecular flexibility index (Phi) is 3.96. The first-order valence-corrected chi connectivity index (χ1v) is 6.97. The molecule has 0 radical (unpaired) electrons. The highest BCUT2D eigenvalue weighted by molar-refractivity contribution is 5.41. The van der Waals surface area contributed by atoms with E-state index in [1.165, 1.54) is 24.0 Å². The number of rotatable bonds is 5. The molecule has 1 aliphatic rings. The van der Waals surface area contributed by atoms with E-state index in [1.807, 2.05) is 0 Å². The second kappa shape index (κ2) is 5.31. The average molecular weight is 247 g/mol. The molecule has 2 nitrogen and oxygen atoms in total. The molecule has 2 heteroatoms. The van der Waals surface area contributed by atoms with Gasteiger partial charge in [0.05, 0.1) is 6.61 Å². The van der Waals surface area contributed by atoms with Crippen LogP contribution >= 0.6 is 0 Å². The molecule has 0 aromatic heterocycles. The summed E-state index contributed by atoms with van der Waals surface area (Å²) in [4.78, 5) is 0. The van der Waals surface area contributed by atoms with Crippen molar-refractivity contribution >= 4 is 0 Å². The summed E-state index contributed by atoms with van der Waals surface area (Å²) >= 11 is 0. The van der Waals surface area contributed by atoms with E-state index < -0.39 is 0 Å². The van der Waals surface area contributed by atoms with Gasteiger partial charge in [0.25, 0.3) is 0 Å². The van der Waals surface area contributed by atoms with Gasteiger partial charge in [-0.3, -0.25) is 0 Å². The Labute approximate surface area is 111 Å². The molecule has 0 spiro atoms. The summed E-state index contributed by atoms with van der Waals surface area (Å²) in [6.45, 7) is 8.28. The Balaban J connectivity index is 2.19. The molecule has 1 aromatic carbocycles. The summed E-state index contributed by atoms with van der Waals surface area (Å²) in [5.74, 6) is 1.84. The van der Waals surface area contributed by atoms with Crippen LogP contribution in [0.2, 0.25) is 0 Å². The number of hydrogen-bond acceptors (Lipinski definition) is 2. The summed E-state index contributed by atoms with van der Waals surface area (Å²) in [5, 5.41) is 0. The second-order valence-electron chi connectivity index (χ2n) is 6.37. The lowest BCUT2D eigenvalue weighted by Gasteiger charge is -2.24. The normalized spacial score (nSPS) is 15.8. The van der Waals surface area contributed by atoms with Gasteiger partial charge in [-0.2, -0.15) is 0 Å². The molecule has 100 valence electrons. The van der Waals surface area contributed by atoms with Gasteiger partial charge in [0.15, 0.2) is 0 Å². The Bertz CT molecular complexity index is 402. The standard InChI is InChI=1S/C16H25NO/c1-16(2,3)14-10-12(8-9-17)6-7-15(14)18-11-13-4-5-13/h6-7,10,13H,4-5,8-9,11,17H2,1-3H3. The molecule has 1 saturated carbocycles. The van der Waals surface area contributed by atoms with Crippen molar-refractivity contribution in [1.82, 2.24) is 0 Å². The Hall–Kier alpha value is -1.02. The van der Waals surface area contributed by atoms with Gasteiger partial charge in [-0.05, 0) is 54.3 Å². The number of hydrogen-bond donors (Lipinski definition) is 1. The lowest BCUT2D eigenvalue weighted by molar-refractivity contribution is 0.292. The predicted octanol–water partition coefficient (Wildman–Crippen LogP) is 3.27. The van der Waals surface area contributed by atoms with Gasteiger partial charge in [0.1, 0.15) is 5.75 Å². The van der Waals surface area contributed by atoms with E-state index in [1.54, 1.807) is 0 Å². The monoisotopic (exact) mass is 247 g/mol. The SMILES string of the molecule is CC(C)(C)c1cc(CCN)ccc1OCC1CC1. The largest absolute Gasteiger partial charge is 0.493 e. The maximum absolute atomic E-state index is 5.99. The minimum atomic E-state index is 0.115. The van der Waals surface area contributed by atoms with Crippen LogP contribution in [0.3, 0.4) is 0 Å². The van der Waals surface area contributed by atoms with Crippen molar-refractivity contribution in [2.45, 2.75) is 45.4 Å². The maximum atomic E-state index is 5.99. The molecule has 1 fully saturated rings. The molecule has 0 bridgehead atoms. The van der Waals surface area contributed by atoms with Gasteiger partial charge in [-0.1, -0.05) is 32.9 Å². The molecule has 0 aliphatic heterocycles. The van der Waals surface area contributed by atoms with Crippen molar-refractivity contribution < 1.29 is 4.74 Å². The molecule has 0 unspecified atom stereocenters. The zero-order chi connectivity index (χ0) is 13.2. The lowest BCUT2D eigenvalue weighted by atomic mass is 9.85. The molecule has 2 N–H and O–H groups in total. The first-order valence-electron chi connectivity index (χ1n) is 6.97. The van der Waals surface area contributed by atoms with E-state index in [4.69, 9.17) is 10.5 Å². The summed E-state index contributed by atoms with van der Waals surface area (Å²) in [6.07, 6.45) is 3.60. The highest BCUT2D eigenvalue weighted by atomic mass is 16.5. The molecule has 1 aromatic rings. The van der Waals surface area contributed by atoms with Crippen molar-refractivity contribution in [3.63, 3.8) is 0 Å². The van der Waals surface area contributed by atoms with Crippen LogP contribution in [0.5, 0.6) is 5.75 Å². The molecular formula is C16H25NO. The quantitative estimate of drug-likeness (QED) is 0.866. The van der Waals surface area contributed by atoms with Crippen LogP contribution in [0, 0.1) is 5.92 Å². The minimum Gasteiger partial charge on any atom is -0.493 e. The van der Waals surface area contributed by atoms with Gasteiger partial charge < -0.3 is 10.5 Å². The first kappa shape index (κ1) is 13.4. The first-order chi connectivity index (χ1) is 8.50. The summed E-state index contributed by atoms with van der Waals surface area (Å²) in [5.41, 5.74) is 8.35. The molecule has 18 heavy (non-hydrogen) atoms. The highest BCUT2D eigenvalue weighted by Crippen LogP contribution is 2.35. The minimum absolute atomic E-state index is 0.115. The maximum Gasteiger partial charge on any atom is 0.123 e. The van der Waals surface area contributed by atoms with Crippen LogP contribution < -0.4 is 10.5 Å².